The van der Waals surface area contributed by atoms with Crippen LogP contribution in [0.15, 0.2) is 30.3 Å². The SMILES string of the molecule is CC[C@H](C(=O)O)N1C[C@H](c2ccccc2)[C@@H](C=O)C1. The van der Waals surface area contributed by atoms with E-state index < -0.39 is 12.0 Å². The first-order valence-electron chi connectivity index (χ1n) is 6.64. The lowest BCUT2D eigenvalue weighted by atomic mass is 9.90. The second-order valence-electron chi connectivity index (χ2n) is 5.03. The Bertz CT molecular complexity index is 446. The second-order valence-corrected chi connectivity index (χ2v) is 5.03. The molecule has 1 aliphatic rings. The van der Waals surface area contributed by atoms with Crippen LogP contribution in [0.25, 0.3) is 0 Å². The van der Waals surface area contributed by atoms with E-state index in [1.54, 1.807) is 0 Å². The maximum Gasteiger partial charge on any atom is 0.320 e. The molecule has 0 aromatic heterocycles. The molecule has 19 heavy (non-hydrogen) atoms. The topological polar surface area (TPSA) is 57.6 Å². The van der Waals surface area contributed by atoms with Gasteiger partial charge in [0.15, 0.2) is 0 Å². The fraction of sp³-hybridized carbons (Fsp3) is 0.467. The third-order valence-electron chi connectivity index (χ3n) is 3.91. The van der Waals surface area contributed by atoms with Gasteiger partial charge in [-0.2, -0.15) is 0 Å². The Morgan fingerprint density at radius 2 is 2.11 bits per heavy atom. The van der Waals surface area contributed by atoms with E-state index in [4.69, 9.17) is 0 Å². The van der Waals surface area contributed by atoms with Gasteiger partial charge in [0.1, 0.15) is 12.3 Å². The Hall–Kier alpha value is -1.68. The van der Waals surface area contributed by atoms with Crippen LogP contribution in [0.1, 0.15) is 24.8 Å². The van der Waals surface area contributed by atoms with Gasteiger partial charge in [-0.05, 0) is 12.0 Å². The average Bonchev–Trinajstić information content (AvgIpc) is 2.84. The molecule has 0 bridgehead atoms. The molecule has 0 spiro atoms. The fourth-order valence-corrected chi connectivity index (χ4v) is 2.89. The molecule has 0 saturated carbocycles. The van der Waals surface area contributed by atoms with Crippen LogP contribution < -0.4 is 0 Å². The largest absolute Gasteiger partial charge is 0.480 e. The third-order valence-corrected chi connectivity index (χ3v) is 3.91. The van der Waals surface area contributed by atoms with Crippen LogP contribution in [-0.4, -0.2) is 41.4 Å². The molecule has 102 valence electrons. The standard InChI is InChI=1S/C15H19NO3/c1-2-14(15(18)19)16-8-12(10-17)13(9-16)11-6-4-3-5-7-11/h3-7,10,12-14H,2,8-9H2,1H3,(H,18,19)/t12-,13-,14-/m1/s1. The van der Waals surface area contributed by atoms with E-state index in [0.717, 1.165) is 11.8 Å². The molecule has 4 heteroatoms. The molecule has 1 N–H and O–H groups in total. The number of carbonyl (C=O) groups is 2. The number of hydrogen-bond acceptors (Lipinski definition) is 3. The molecule has 4 nitrogen and oxygen atoms in total. The summed E-state index contributed by atoms with van der Waals surface area (Å²) in [5.41, 5.74) is 1.11. The second kappa shape index (κ2) is 5.97. The van der Waals surface area contributed by atoms with E-state index in [9.17, 15) is 14.7 Å². The van der Waals surface area contributed by atoms with Crippen molar-refractivity contribution in [1.82, 2.24) is 4.90 Å². The van der Waals surface area contributed by atoms with Crippen LogP contribution in [0, 0.1) is 5.92 Å². The van der Waals surface area contributed by atoms with Gasteiger partial charge in [-0.25, -0.2) is 0 Å². The fourth-order valence-electron chi connectivity index (χ4n) is 2.89. The van der Waals surface area contributed by atoms with Crippen LogP contribution in [0.3, 0.4) is 0 Å². The molecule has 0 amide bonds. The number of likely N-dealkylation sites (tertiary alicyclic amines) is 1. The zero-order valence-corrected chi connectivity index (χ0v) is 11.0. The van der Waals surface area contributed by atoms with E-state index >= 15 is 0 Å². The summed E-state index contributed by atoms with van der Waals surface area (Å²) in [6, 6.07) is 9.37. The number of carboxylic acid groups (broad SMARTS) is 1. The monoisotopic (exact) mass is 261 g/mol. The first-order chi connectivity index (χ1) is 9.17. The lowest BCUT2D eigenvalue weighted by molar-refractivity contribution is -0.143. The zero-order valence-electron chi connectivity index (χ0n) is 11.0. The van der Waals surface area contributed by atoms with Gasteiger partial charge in [-0.1, -0.05) is 37.3 Å². The minimum Gasteiger partial charge on any atom is -0.480 e. The van der Waals surface area contributed by atoms with Gasteiger partial charge < -0.3 is 9.90 Å². The molecule has 0 radical (unpaired) electrons. The number of aliphatic carboxylic acids is 1. The van der Waals surface area contributed by atoms with Crippen LogP contribution >= 0.6 is 0 Å². The molecular weight excluding hydrogens is 242 g/mol. The highest BCUT2D eigenvalue weighted by Crippen LogP contribution is 2.32. The first-order valence-corrected chi connectivity index (χ1v) is 6.64. The summed E-state index contributed by atoms with van der Waals surface area (Å²) in [5.74, 6) is -0.816. The maximum atomic E-state index is 11.2. The number of carboxylic acids is 1. The van der Waals surface area contributed by atoms with E-state index in [-0.39, 0.29) is 11.8 Å². The van der Waals surface area contributed by atoms with Gasteiger partial charge in [0.05, 0.1) is 0 Å². The van der Waals surface area contributed by atoms with Crippen molar-refractivity contribution < 1.29 is 14.7 Å². The summed E-state index contributed by atoms with van der Waals surface area (Å²) in [6.07, 6.45) is 1.52. The normalized spacial score (nSPS) is 25.1. The van der Waals surface area contributed by atoms with Crippen molar-refractivity contribution in [1.29, 1.82) is 0 Å². The van der Waals surface area contributed by atoms with Crippen molar-refractivity contribution in [3.05, 3.63) is 35.9 Å². The number of carbonyl (C=O) groups excluding carboxylic acids is 1. The molecule has 0 aliphatic carbocycles. The van der Waals surface area contributed by atoms with Crippen molar-refractivity contribution in [3.8, 4) is 0 Å². The Kier molecular flexibility index (Phi) is 4.32. The number of benzene rings is 1. The molecule has 2 rings (SSSR count). The lowest BCUT2D eigenvalue weighted by Gasteiger charge is -2.22. The highest BCUT2D eigenvalue weighted by atomic mass is 16.4. The van der Waals surface area contributed by atoms with Gasteiger partial charge >= 0.3 is 5.97 Å². The van der Waals surface area contributed by atoms with Crippen molar-refractivity contribution in [2.24, 2.45) is 5.92 Å². The summed E-state index contributed by atoms with van der Waals surface area (Å²) < 4.78 is 0. The molecule has 1 fully saturated rings. The maximum absolute atomic E-state index is 11.2. The summed E-state index contributed by atoms with van der Waals surface area (Å²) in [5, 5.41) is 9.22. The highest BCUT2D eigenvalue weighted by Gasteiger charge is 2.38. The zero-order chi connectivity index (χ0) is 13.8. The van der Waals surface area contributed by atoms with Gasteiger partial charge in [-0.15, -0.1) is 0 Å². The Labute approximate surface area is 113 Å². The predicted octanol–water partition coefficient (Wildman–Crippen LogP) is 1.76. The van der Waals surface area contributed by atoms with Crippen molar-refractivity contribution in [3.63, 3.8) is 0 Å². The van der Waals surface area contributed by atoms with Gasteiger partial charge in [0.25, 0.3) is 0 Å². The molecule has 1 aliphatic heterocycles. The van der Waals surface area contributed by atoms with Crippen LogP contribution in [-0.2, 0) is 9.59 Å². The van der Waals surface area contributed by atoms with Gasteiger partial charge in [0.2, 0.25) is 0 Å². The first kappa shape index (κ1) is 13.7. The number of rotatable bonds is 5. The molecule has 1 aromatic carbocycles. The van der Waals surface area contributed by atoms with Crippen LogP contribution in [0.2, 0.25) is 0 Å². The van der Waals surface area contributed by atoms with Gasteiger partial charge in [0, 0.05) is 24.9 Å². The minimum atomic E-state index is -0.805. The van der Waals surface area contributed by atoms with E-state index in [1.807, 2.05) is 42.2 Å². The predicted molar refractivity (Wildman–Crippen MR) is 72.0 cm³/mol. The third kappa shape index (κ3) is 2.84. The Balaban J connectivity index is 2.18. The van der Waals surface area contributed by atoms with Crippen LogP contribution in [0.4, 0.5) is 0 Å². The molecule has 0 unspecified atom stereocenters. The quantitative estimate of drug-likeness (QED) is 0.821. The smallest absolute Gasteiger partial charge is 0.320 e. The molecular formula is C15H19NO3. The van der Waals surface area contributed by atoms with Crippen LogP contribution in [0.5, 0.6) is 0 Å². The minimum absolute atomic E-state index is 0.104. The Morgan fingerprint density at radius 3 is 2.63 bits per heavy atom. The Morgan fingerprint density at radius 1 is 1.42 bits per heavy atom. The van der Waals surface area contributed by atoms with Gasteiger partial charge in [-0.3, -0.25) is 9.69 Å². The average molecular weight is 261 g/mol. The van der Waals surface area contributed by atoms with Crippen molar-refractivity contribution >= 4 is 12.3 Å². The number of nitrogens with zero attached hydrogens (tertiary/aromatic N) is 1. The molecule has 1 heterocycles. The molecule has 1 aromatic rings. The summed E-state index contributed by atoms with van der Waals surface area (Å²) in [7, 11) is 0. The van der Waals surface area contributed by atoms with Crippen molar-refractivity contribution in [2.75, 3.05) is 13.1 Å². The summed E-state index contributed by atoms with van der Waals surface area (Å²) in [6.45, 7) is 3.04. The summed E-state index contributed by atoms with van der Waals surface area (Å²) >= 11 is 0. The summed E-state index contributed by atoms with van der Waals surface area (Å²) in [4.78, 5) is 24.4. The van der Waals surface area contributed by atoms with E-state index in [2.05, 4.69) is 0 Å². The highest BCUT2D eigenvalue weighted by molar-refractivity contribution is 5.73. The number of hydrogen-bond donors (Lipinski definition) is 1. The molecule has 3 atom stereocenters. The lowest BCUT2D eigenvalue weighted by Crippen LogP contribution is -2.39. The van der Waals surface area contributed by atoms with Crippen molar-refractivity contribution in [2.45, 2.75) is 25.3 Å². The van der Waals surface area contributed by atoms with E-state index in [1.165, 1.54) is 0 Å². The number of aldehydes is 1. The molecule has 1 saturated heterocycles. The van der Waals surface area contributed by atoms with E-state index in [0.29, 0.717) is 19.5 Å².